The SMILES string of the molecule is CC(CN)NC(=O)C1CCCCS1(=O)=O. The molecule has 0 bridgehead atoms. The Morgan fingerprint density at radius 3 is 2.73 bits per heavy atom. The zero-order valence-corrected chi connectivity index (χ0v) is 9.72. The van der Waals surface area contributed by atoms with Gasteiger partial charge in [-0.1, -0.05) is 6.42 Å². The highest BCUT2D eigenvalue weighted by atomic mass is 32.2. The fourth-order valence-electron chi connectivity index (χ4n) is 1.64. The van der Waals surface area contributed by atoms with Crippen LogP contribution < -0.4 is 11.1 Å². The second-order valence-electron chi connectivity index (χ2n) is 4.00. The van der Waals surface area contributed by atoms with Crippen molar-refractivity contribution in [2.24, 2.45) is 5.73 Å². The normalized spacial score (nSPS) is 26.9. The van der Waals surface area contributed by atoms with E-state index >= 15 is 0 Å². The average molecular weight is 234 g/mol. The third-order valence-corrected chi connectivity index (χ3v) is 4.79. The summed E-state index contributed by atoms with van der Waals surface area (Å²) in [5.41, 5.74) is 5.35. The van der Waals surface area contributed by atoms with Crippen molar-refractivity contribution in [3.8, 4) is 0 Å². The molecule has 3 N–H and O–H groups in total. The number of nitrogens with one attached hydrogen (secondary N) is 1. The van der Waals surface area contributed by atoms with E-state index in [0.717, 1.165) is 6.42 Å². The number of carbonyl (C=O) groups excluding carboxylic acids is 1. The van der Waals surface area contributed by atoms with Crippen molar-refractivity contribution >= 4 is 15.7 Å². The molecule has 88 valence electrons. The molecule has 1 saturated heterocycles. The Balaban J connectivity index is 2.65. The monoisotopic (exact) mass is 234 g/mol. The highest BCUT2D eigenvalue weighted by Crippen LogP contribution is 2.19. The van der Waals surface area contributed by atoms with E-state index in [1.165, 1.54) is 0 Å². The van der Waals surface area contributed by atoms with Gasteiger partial charge < -0.3 is 11.1 Å². The van der Waals surface area contributed by atoms with E-state index < -0.39 is 21.0 Å². The van der Waals surface area contributed by atoms with Gasteiger partial charge >= 0.3 is 0 Å². The molecular weight excluding hydrogens is 216 g/mol. The van der Waals surface area contributed by atoms with Crippen LogP contribution in [0.1, 0.15) is 26.2 Å². The standard InChI is InChI=1S/C9H18N2O3S/c1-7(6-10)11-9(12)8-4-2-3-5-15(8,13)14/h7-8H,2-6,10H2,1H3,(H,11,12). The number of nitrogens with two attached hydrogens (primary N) is 1. The van der Waals surface area contributed by atoms with Crippen molar-refractivity contribution in [3.05, 3.63) is 0 Å². The molecule has 0 aliphatic carbocycles. The lowest BCUT2D eigenvalue weighted by atomic mass is 10.1. The van der Waals surface area contributed by atoms with Gasteiger partial charge in [0.15, 0.2) is 9.84 Å². The Morgan fingerprint density at radius 2 is 2.20 bits per heavy atom. The molecule has 1 aliphatic rings. The number of rotatable bonds is 3. The van der Waals surface area contributed by atoms with Gasteiger partial charge in [0.2, 0.25) is 5.91 Å². The van der Waals surface area contributed by atoms with Crippen LogP contribution in [0.5, 0.6) is 0 Å². The molecule has 6 heteroatoms. The van der Waals surface area contributed by atoms with Crippen LogP contribution in [0.3, 0.4) is 0 Å². The first-order chi connectivity index (χ1) is 6.97. The van der Waals surface area contributed by atoms with Crippen molar-refractivity contribution in [1.82, 2.24) is 5.32 Å². The van der Waals surface area contributed by atoms with Crippen LogP contribution in [-0.2, 0) is 14.6 Å². The molecule has 0 aromatic rings. The fourth-order valence-corrected chi connectivity index (χ4v) is 3.45. The van der Waals surface area contributed by atoms with E-state index in [1.807, 2.05) is 0 Å². The Labute approximate surface area is 90.3 Å². The summed E-state index contributed by atoms with van der Waals surface area (Å²) in [5, 5.41) is 1.75. The summed E-state index contributed by atoms with van der Waals surface area (Å²) in [5.74, 6) is -0.269. The van der Waals surface area contributed by atoms with Crippen LogP contribution in [0.2, 0.25) is 0 Å². The third-order valence-electron chi connectivity index (χ3n) is 2.61. The zero-order valence-electron chi connectivity index (χ0n) is 8.90. The highest BCUT2D eigenvalue weighted by Gasteiger charge is 2.34. The van der Waals surface area contributed by atoms with Gasteiger partial charge in [-0.25, -0.2) is 8.42 Å². The Bertz CT molecular complexity index is 326. The third kappa shape index (κ3) is 3.17. The van der Waals surface area contributed by atoms with E-state index in [2.05, 4.69) is 5.32 Å². The zero-order chi connectivity index (χ0) is 11.5. The lowest BCUT2D eigenvalue weighted by molar-refractivity contribution is -0.121. The Morgan fingerprint density at radius 1 is 1.53 bits per heavy atom. The van der Waals surface area contributed by atoms with E-state index in [-0.39, 0.29) is 11.8 Å². The molecule has 2 atom stereocenters. The summed E-state index contributed by atoms with van der Waals surface area (Å²) in [6, 6.07) is -0.172. The summed E-state index contributed by atoms with van der Waals surface area (Å²) >= 11 is 0. The van der Waals surface area contributed by atoms with Gasteiger partial charge in [0.1, 0.15) is 5.25 Å². The maximum absolute atomic E-state index is 11.6. The largest absolute Gasteiger partial charge is 0.351 e. The number of carbonyl (C=O) groups is 1. The van der Waals surface area contributed by atoms with Crippen LogP contribution in [0.25, 0.3) is 0 Å². The molecule has 1 amide bonds. The minimum Gasteiger partial charge on any atom is -0.351 e. The topological polar surface area (TPSA) is 89.3 Å². The highest BCUT2D eigenvalue weighted by molar-refractivity contribution is 7.92. The Hall–Kier alpha value is -0.620. The van der Waals surface area contributed by atoms with Crippen molar-refractivity contribution < 1.29 is 13.2 Å². The molecule has 1 aliphatic heterocycles. The molecule has 0 aromatic heterocycles. The Kier molecular flexibility index (Phi) is 4.10. The van der Waals surface area contributed by atoms with E-state index in [1.54, 1.807) is 6.92 Å². The van der Waals surface area contributed by atoms with E-state index in [9.17, 15) is 13.2 Å². The van der Waals surface area contributed by atoms with Crippen molar-refractivity contribution in [2.75, 3.05) is 12.3 Å². The molecule has 15 heavy (non-hydrogen) atoms. The van der Waals surface area contributed by atoms with Crippen LogP contribution in [0.4, 0.5) is 0 Å². The lowest BCUT2D eigenvalue weighted by Gasteiger charge is -2.23. The maximum atomic E-state index is 11.6. The maximum Gasteiger partial charge on any atom is 0.238 e. The smallest absolute Gasteiger partial charge is 0.238 e. The van der Waals surface area contributed by atoms with Crippen LogP contribution in [0, 0.1) is 0 Å². The van der Waals surface area contributed by atoms with Crippen LogP contribution in [0.15, 0.2) is 0 Å². The summed E-state index contributed by atoms with van der Waals surface area (Å²) in [7, 11) is -3.23. The van der Waals surface area contributed by atoms with Gasteiger partial charge in [0, 0.05) is 12.6 Å². The first-order valence-electron chi connectivity index (χ1n) is 5.19. The molecule has 1 heterocycles. The van der Waals surface area contributed by atoms with Gasteiger partial charge in [-0.2, -0.15) is 0 Å². The fraction of sp³-hybridized carbons (Fsp3) is 0.889. The summed E-state index contributed by atoms with van der Waals surface area (Å²) in [6.45, 7) is 2.08. The second kappa shape index (κ2) is 4.94. The summed E-state index contributed by atoms with van der Waals surface area (Å²) < 4.78 is 23.2. The van der Waals surface area contributed by atoms with E-state index in [0.29, 0.717) is 19.4 Å². The molecule has 2 unspecified atom stereocenters. The van der Waals surface area contributed by atoms with Crippen molar-refractivity contribution in [1.29, 1.82) is 0 Å². The predicted molar refractivity (Wildman–Crippen MR) is 58.1 cm³/mol. The van der Waals surface area contributed by atoms with Gasteiger partial charge in [-0.3, -0.25) is 4.79 Å². The molecule has 0 aromatic carbocycles. The van der Waals surface area contributed by atoms with Crippen LogP contribution >= 0.6 is 0 Å². The summed E-state index contributed by atoms with van der Waals surface area (Å²) in [4.78, 5) is 11.6. The number of amides is 1. The molecule has 5 nitrogen and oxygen atoms in total. The van der Waals surface area contributed by atoms with Crippen LogP contribution in [-0.4, -0.2) is 37.9 Å². The molecule has 0 spiro atoms. The van der Waals surface area contributed by atoms with Crippen molar-refractivity contribution in [2.45, 2.75) is 37.5 Å². The molecule has 1 fully saturated rings. The van der Waals surface area contributed by atoms with Gasteiger partial charge in [0.05, 0.1) is 5.75 Å². The summed E-state index contributed by atoms with van der Waals surface area (Å²) in [6.07, 6.45) is 1.90. The molecule has 1 rings (SSSR count). The predicted octanol–water partition coefficient (Wildman–Crippen LogP) is -0.583. The molecule has 0 saturated carbocycles. The minimum absolute atomic E-state index is 0.127. The second-order valence-corrected chi connectivity index (χ2v) is 6.30. The average Bonchev–Trinajstić information content (AvgIpc) is 2.16. The first-order valence-corrected chi connectivity index (χ1v) is 6.91. The first kappa shape index (κ1) is 12.4. The number of hydrogen-bond acceptors (Lipinski definition) is 4. The van der Waals surface area contributed by atoms with Gasteiger partial charge in [-0.15, -0.1) is 0 Å². The molecule has 0 radical (unpaired) electrons. The molecular formula is C9H18N2O3S. The number of sulfone groups is 1. The van der Waals surface area contributed by atoms with Gasteiger partial charge in [-0.05, 0) is 19.8 Å². The minimum atomic E-state index is -3.23. The lowest BCUT2D eigenvalue weighted by Crippen LogP contribution is -2.47. The quantitative estimate of drug-likeness (QED) is 0.683. The van der Waals surface area contributed by atoms with Gasteiger partial charge in [0.25, 0.3) is 0 Å². The van der Waals surface area contributed by atoms with Crippen molar-refractivity contribution in [3.63, 3.8) is 0 Å². The number of hydrogen-bond donors (Lipinski definition) is 2. The van der Waals surface area contributed by atoms with E-state index in [4.69, 9.17) is 5.73 Å².